The zero-order chi connectivity index (χ0) is 8.43. The van der Waals surface area contributed by atoms with Gasteiger partial charge in [0.2, 0.25) is 0 Å². The van der Waals surface area contributed by atoms with Crippen LogP contribution in [0.2, 0.25) is 5.02 Å². The number of halogens is 3. The second-order valence-electron chi connectivity index (χ2n) is 1.91. The first kappa shape index (κ1) is 8.93. The molecule has 0 radical (unpaired) electrons. The molecule has 0 amide bonds. The van der Waals surface area contributed by atoms with Gasteiger partial charge in [0.15, 0.2) is 6.29 Å². The molecule has 1 aromatic rings. The van der Waals surface area contributed by atoms with E-state index in [0.717, 1.165) is 6.07 Å². The van der Waals surface area contributed by atoms with Crippen molar-refractivity contribution in [3.8, 4) is 0 Å². The molecule has 0 aliphatic rings. The van der Waals surface area contributed by atoms with Crippen LogP contribution in [-0.2, 0) is 0 Å². The van der Waals surface area contributed by atoms with Crippen LogP contribution in [-0.4, -0.2) is 6.29 Å². The third-order valence-electron chi connectivity index (χ3n) is 1.17. The van der Waals surface area contributed by atoms with Crippen LogP contribution in [0.25, 0.3) is 0 Å². The summed E-state index contributed by atoms with van der Waals surface area (Å²) in [5, 5.41) is 0.283. The number of rotatable bonds is 1. The Bertz CT molecular complexity index is 301. The minimum Gasteiger partial charge on any atom is -0.298 e. The van der Waals surface area contributed by atoms with E-state index in [1.807, 2.05) is 22.6 Å². The average molecular weight is 284 g/mol. The normalized spacial score (nSPS) is 9.73. The first-order chi connectivity index (χ1) is 5.15. The summed E-state index contributed by atoms with van der Waals surface area (Å²) < 4.78 is 13.1. The second kappa shape index (κ2) is 3.49. The molecule has 4 heteroatoms. The molecule has 0 aliphatic carbocycles. The predicted octanol–water partition coefficient (Wildman–Crippen LogP) is 2.90. The molecule has 0 N–H and O–H groups in total. The number of carbonyl (C=O) groups excluding carboxylic acids is 1. The lowest BCUT2D eigenvalue weighted by atomic mass is 10.2. The van der Waals surface area contributed by atoms with Crippen molar-refractivity contribution in [2.24, 2.45) is 0 Å². The molecule has 58 valence electrons. The first-order valence-electron chi connectivity index (χ1n) is 2.75. The van der Waals surface area contributed by atoms with Gasteiger partial charge in [0.25, 0.3) is 0 Å². The van der Waals surface area contributed by atoms with Crippen molar-refractivity contribution in [1.29, 1.82) is 0 Å². The zero-order valence-electron chi connectivity index (χ0n) is 5.27. The van der Waals surface area contributed by atoms with E-state index in [4.69, 9.17) is 11.6 Å². The monoisotopic (exact) mass is 284 g/mol. The topological polar surface area (TPSA) is 17.1 Å². The number of hydrogen-bond acceptors (Lipinski definition) is 1. The maximum absolute atomic E-state index is 12.7. The Hall–Kier alpha value is -0.160. The molecule has 1 rings (SSSR count). The van der Waals surface area contributed by atoms with Crippen LogP contribution in [0.1, 0.15) is 10.4 Å². The summed E-state index contributed by atoms with van der Waals surface area (Å²) in [7, 11) is 0. The fourth-order valence-corrected chi connectivity index (χ4v) is 1.49. The maximum atomic E-state index is 12.7. The van der Waals surface area contributed by atoms with Crippen LogP contribution in [0.5, 0.6) is 0 Å². The Kier molecular flexibility index (Phi) is 2.84. The van der Waals surface area contributed by atoms with Gasteiger partial charge in [-0.2, -0.15) is 0 Å². The Balaban J connectivity index is 3.31. The molecule has 0 heterocycles. The molecule has 0 unspecified atom stereocenters. The van der Waals surface area contributed by atoms with E-state index in [2.05, 4.69) is 0 Å². The summed E-state index contributed by atoms with van der Waals surface area (Å²) in [6.45, 7) is 0. The predicted molar refractivity (Wildman–Crippen MR) is 49.5 cm³/mol. The van der Waals surface area contributed by atoms with Crippen molar-refractivity contribution in [2.75, 3.05) is 0 Å². The lowest BCUT2D eigenvalue weighted by molar-refractivity contribution is 0.112. The van der Waals surface area contributed by atoms with E-state index < -0.39 is 5.82 Å². The summed E-state index contributed by atoms with van der Waals surface area (Å²) in [4.78, 5) is 10.2. The highest BCUT2D eigenvalue weighted by molar-refractivity contribution is 14.1. The lowest BCUT2D eigenvalue weighted by Gasteiger charge is -1.97. The Morgan fingerprint density at radius 1 is 1.55 bits per heavy atom. The summed E-state index contributed by atoms with van der Waals surface area (Å²) >= 11 is 7.41. The fourth-order valence-electron chi connectivity index (χ4n) is 0.628. The van der Waals surface area contributed by atoms with Gasteiger partial charge in [-0.15, -0.1) is 0 Å². The summed E-state index contributed by atoms with van der Waals surface area (Å²) in [6, 6.07) is 2.54. The van der Waals surface area contributed by atoms with Gasteiger partial charge in [0.1, 0.15) is 5.82 Å². The van der Waals surface area contributed by atoms with Gasteiger partial charge in [-0.1, -0.05) is 11.6 Å². The highest BCUT2D eigenvalue weighted by Gasteiger charge is 2.04. The Morgan fingerprint density at radius 2 is 2.18 bits per heavy atom. The van der Waals surface area contributed by atoms with Crippen molar-refractivity contribution >= 4 is 40.5 Å². The Morgan fingerprint density at radius 3 is 2.73 bits per heavy atom. The second-order valence-corrected chi connectivity index (χ2v) is 3.48. The van der Waals surface area contributed by atoms with Gasteiger partial charge in [-0.3, -0.25) is 4.79 Å². The smallest absolute Gasteiger partial charge is 0.151 e. The molecule has 0 spiro atoms. The minimum absolute atomic E-state index is 0.185. The van der Waals surface area contributed by atoms with Crippen molar-refractivity contribution in [3.63, 3.8) is 0 Å². The highest BCUT2D eigenvalue weighted by Crippen LogP contribution is 2.20. The van der Waals surface area contributed by atoms with E-state index in [9.17, 15) is 9.18 Å². The van der Waals surface area contributed by atoms with E-state index >= 15 is 0 Å². The standard InChI is InChI=1S/C7H3ClFIO/c8-5-2-7(10)6(9)1-4(5)3-11/h1-3H. The summed E-state index contributed by atoms with van der Waals surface area (Å²) in [5.41, 5.74) is 0.185. The molecule has 0 aromatic heterocycles. The molecular weight excluding hydrogens is 281 g/mol. The summed E-state index contributed by atoms with van der Waals surface area (Å²) in [5.74, 6) is -0.419. The van der Waals surface area contributed by atoms with Crippen LogP contribution in [0.3, 0.4) is 0 Å². The molecule has 0 bridgehead atoms. The van der Waals surface area contributed by atoms with Crippen molar-refractivity contribution in [1.82, 2.24) is 0 Å². The molecular formula is C7H3ClFIO. The van der Waals surface area contributed by atoms with Crippen LogP contribution in [0, 0.1) is 9.39 Å². The SMILES string of the molecule is O=Cc1cc(F)c(I)cc1Cl. The number of aldehydes is 1. The molecule has 0 aliphatic heterocycles. The zero-order valence-corrected chi connectivity index (χ0v) is 8.19. The summed E-state index contributed by atoms with van der Waals surface area (Å²) in [6.07, 6.45) is 0.529. The highest BCUT2D eigenvalue weighted by atomic mass is 127. The molecule has 0 saturated heterocycles. The third-order valence-corrected chi connectivity index (χ3v) is 2.32. The lowest BCUT2D eigenvalue weighted by Crippen LogP contribution is -1.87. The Labute approximate surface area is 81.7 Å². The van der Waals surface area contributed by atoms with Gasteiger partial charge in [0.05, 0.1) is 8.59 Å². The number of hydrogen-bond donors (Lipinski definition) is 0. The fraction of sp³-hybridized carbons (Fsp3) is 0. The van der Waals surface area contributed by atoms with E-state index in [1.165, 1.54) is 6.07 Å². The van der Waals surface area contributed by atoms with Gasteiger partial charge in [0, 0.05) is 5.56 Å². The third kappa shape index (κ3) is 1.90. The van der Waals surface area contributed by atoms with Gasteiger partial charge in [-0.05, 0) is 34.7 Å². The quantitative estimate of drug-likeness (QED) is 0.440. The molecule has 11 heavy (non-hydrogen) atoms. The van der Waals surface area contributed by atoms with Gasteiger partial charge >= 0.3 is 0 Å². The molecule has 0 saturated carbocycles. The van der Waals surface area contributed by atoms with Crippen LogP contribution in [0.15, 0.2) is 12.1 Å². The van der Waals surface area contributed by atoms with Crippen LogP contribution >= 0.6 is 34.2 Å². The van der Waals surface area contributed by atoms with Gasteiger partial charge in [-0.25, -0.2) is 4.39 Å². The molecule has 0 fully saturated rings. The van der Waals surface area contributed by atoms with E-state index in [1.54, 1.807) is 0 Å². The first-order valence-corrected chi connectivity index (χ1v) is 4.20. The van der Waals surface area contributed by atoms with E-state index in [0.29, 0.717) is 9.86 Å². The van der Waals surface area contributed by atoms with Crippen LogP contribution in [0.4, 0.5) is 4.39 Å². The van der Waals surface area contributed by atoms with Crippen molar-refractivity contribution < 1.29 is 9.18 Å². The minimum atomic E-state index is -0.419. The van der Waals surface area contributed by atoms with Crippen molar-refractivity contribution in [3.05, 3.63) is 32.1 Å². The average Bonchev–Trinajstić information content (AvgIpc) is 1.97. The van der Waals surface area contributed by atoms with E-state index in [-0.39, 0.29) is 10.6 Å². The molecule has 1 nitrogen and oxygen atoms in total. The molecule has 1 aromatic carbocycles. The van der Waals surface area contributed by atoms with Crippen LogP contribution < -0.4 is 0 Å². The molecule has 0 atom stereocenters. The van der Waals surface area contributed by atoms with Crippen molar-refractivity contribution in [2.45, 2.75) is 0 Å². The largest absolute Gasteiger partial charge is 0.298 e. The number of benzene rings is 1. The maximum Gasteiger partial charge on any atom is 0.151 e. The van der Waals surface area contributed by atoms with Gasteiger partial charge < -0.3 is 0 Å². The number of carbonyl (C=O) groups is 1.